The summed E-state index contributed by atoms with van der Waals surface area (Å²) in [4.78, 5) is 0. The van der Waals surface area contributed by atoms with Crippen LogP contribution in [0.1, 0.15) is 19.8 Å². The second-order valence-corrected chi connectivity index (χ2v) is 4.46. The molecule has 0 radical (unpaired) electrons. The van der Waals surface area contributed by atoms with Gasteiger partial charge in [-0.2, -0.15) is 5.10 Å². The first-order valence-corrected chi connectivity index (χ1v) is 6.07. The van der Waals surface area contributed by atoms with E-state index < -0.39 is 0 Å². The molecule has 15 heavy (non-hydrogen) atoms. The number of aliphatic hydroxyl groups excluding tert-OH is 1. The third-order valence-electron chi connectivity index (χ3n) is 2.21. The van der Waals surface area contributed by atoms with Gasteiger partial charge in [-0.05, 0) is 35.3 Å². The zero-order valence-corrected chi connectivity index (χ0v) is 10.6. The van der Waals surface area contributed by atoms with E-state index in [1.54, 1.807) is 6.20 Å². The number of halogens is 1. The molecule has 1 rings (SSSR count). The van der Waals surface area contributed by atoms with E-state index in [-0.39, 0.29) is 12.6 Å². The number of nitrogens with one attached hydrogen (secondary N) is 1. The molecule has 0 saturated heterocycles. The van der Waals surface area contributed by atoms with E-state index >= 15 is 0 Å². The second kappa shape index (κ2) is 6.98. The van der Waals surface area contributed by atoms with Gasteiger partial charge >= 0.3 is 0 Å². The summed E-state index contributed by atoms with van der Waals surface area (Å²) in [7, 11) is 0. The van der Waals surface area contributed by atoms with Gasteiger partial charge in [0.05, 0.1) is 17.3 Å². The van der Waals surface area contributed by atoms with Crippen LogP contribution in [-0.2, 0) is 6.54 Å². The lowest BCUT2D eigenvalue weighted by Gasteiger charge is -2.15. The molecule has 1 aromatic heterocycles. The van der Waals surface area contributed by atoms with Crippen molar-refractivity contribution in [3.05, 3.63) is 16.9 Å². The maximum Gasteiger partial charge on any atom is 0.0632 e. The Hall–Kier alpha value is -0.390. The van der Waals surface area contributed by atoms with Crippen LogP contribution in [0.4, 0.5) is 0 Å². The number of aryl methyl sites for hydroxylation is 1. The predicted molar refractivity (Wildman–Crippen MR) is 63.7 cm³/mol. The molecular weight excluding hydrogens is 258 g/mol. The molecular formula is C10H18BrN3O. The van der Waals surface area contributed by atoms with Crippen molar-refractivity contribution >= 4 is 15.9 Å². The first-order chi connectivity index (χ1) is 7.26. The molecule has 4 nitrogen and oxygen atoms in total. The van der Waals surface area contributed by atoms with Gasteiger partial charge in [-0.15, -0.1) is 0 Å². The highest BCUT2D eigenvalue weighted by Crippen LogP contribution is 2.07. The molecule has 0 fully saturated rings. The molecule has 0 aliphatic carbocycles. The number of rotatable bonds is 7. The molecule has 0 aromatic carbocycles. The Morgan fingerprint density at radius 1 is 1.67 bits per heavy atom. The minimum atomic E-state index is 0.174. The van der Waals surface area contributed by atoms with Crippen LogP contribution in [0, 0.1) is 0 Å². The van der Waals surface area contributed by atoms with Gasteiger partial charge in [-0.3, -0.25) is 4.68 Å². The van der Waals surface area contributed by atoms with Crippen LogP contribution in [0.25, 0.3) is 0 Å². The van der Waals surface area contributed by atoms with Gasteiger partial charge < -0.3 is 10.4 Å². The van der Waals surface area contributed by atoms with Crippen molar-refractivity contribution in [1.82, 2.24) is 15.1 Å². The predicted octanol–water partition coefficient (Wildman–Crippen LogP) is 1.40. The molecule has 0 aliphatic heterocycles. The first-order valence-electron chi connectivity index (χ1n) is 5.28. The van der Waals surface area contributed by atoms with Crippen molar-refractivity contribution in [2.45, 2.75) is 32.4 Å². The lowest BCUT2D eigenvalue weighted by molar-refractivity contribution is 0.230. The smallest absolute Gasteiger partial charge is 0.0632 e. The standard InChI is InChI=1S/C10H18BrN3O/c1-2-4-12-10(8-15)3-5-14-7-9(11)6-13-14/h6-7,10,12,15H,2-5,8H2,1H3. The Bertz CT molecular complexity index is 277. The minimum Gasteiger partial charge on any atom is -0.395 e. The highest BCUT2D eigenvalue weighted by molar-refractivity contribution is 9.10. The highest BCUT2D eigenvalue weighted by Gasteiger charge is 2.06. The summed E-state index contributed by atoms with van der Waals surface area (Å²) in [6, 6.07) is 0.174. The summed E-state index contributed by atoms with van der Waals surface area (Å²) in [6.07, 6.45) is 5.69. The summed E-state index contributed by atoms with van der Waals surface area (Å²) in [5, 5.41) is 16.6. The zero-order chi connectivity index (χ0) is 11.1. The molecule has 1 atom stereocenters. The molecule has 0 saturated carbocycles. The lowest BCUT2D eigenvalue weighted by Crippen LogP contribution is -2.34. The van der Waals surface area contributed by atoms with Gasteiger partial charge in [0, 0.05) is 18.8 Å². The van der Waals surface area contributed by atoms with E-state index in [0.29, 0.717) is 0 Å². The Morgan fingerprint density at radius 2 is 2.47 bits per heavy atom. The lowest BCUT2D eigenvalue weighted by atomic mass is 10.2. The van der Waals surface area contributed by atoms with E-state index in [4.69, 9.17) is 5.11 Å². The van der Waals surface area contributed by atoms with Crippen LogP contribution in [0.3, 0.4) is 0 Å². The third kappa shape index (κ3) is 4.77. The maximum atomic E-state index is 9.13. The zero-order valence-electron chi connectivity index (χ0n) is 8.99. The van der Waals surface area contributed by atoms with Crippen molar-refractivity contribution in [2.75, 3.05) is 13.2 Å². The fourth-order valence-corrected chi connectivity index (χ4v) is 1.68. The van der Waals surface area contributed by atoms with Crippen LogP contribution in [-0.4, -0.2) is 34.1 Å². The number of nitrogens with zero attached hydrogens (tertiary/aromatic N) is 2. The van der Waals surface area contributed by atoms with Gasteiger partial charge in [-0.1, -0.05) is 6.92 Å². The Kier molecular flexibility index (Phi) is 5.90. The van der Waals surface area contributed by atoms with Gasteiger partial charge in [0.25, 0.3) is 0 Å². The third-order valence-corrected chi connectivity index (χ3v) is 2.62. The summed E-state index contributed by atoms with van der Waals surface area (Å²) in [5.74, 6) is 0. The molecule has 0 bridgehead atoms. The topological polar surface area (TPSA) is 50.1 Å². The van der Waals surface area contributed by atoms with E-state index in [0.717, 1.165) is 30.4 Å². The number of hydrogen-bond donors (Lipinski definition) is 2. The van der Waals surface area contributed by atoms with E-state index in [2.05, 4.69) is 33.3 Å². The Morgan fingerprint density at radius 3 is 3.00 bits per heavy atom. The largest absolute Gasteiger partial charge is 0.395 e. The summed E-state index contributed by atoms with van der Waals surface area (Å²) < 4.78 is 2.87. The van der Waals surface area contributed by atoms with Crippen molar-refractivity contribution in [1.29, 1.82) is 0 Å². The van der Waals surface area contributed by atoms with Crippen molar-refractivity contribution in [3.63, 3.8) is 0 Å². The Labute approximate surface area is 98.8 Å². The second-order valence-electron chi connectivity index (χ2n) is 3.54. The number of hydrogen-bond acceptors (Lipinski definition) is 3. The first kappa shape index (κ1) is 12.7. The summed E-state index contributed by atoms with van der Waals surface area (Å²) in [6.45, 7) is 4.08. The quantitative estimate of drug-likeness (QED) is 0.791. The van der Waals surface area contributed by atoms with Gasteiger partial charge in [0.15, 0.2) is 0 Å². The molecule has 1 heterocycles. The van der Waals surface area contributed by atoms with E-state index in [1.165, 1.54) is 0 Å². The highest BCUT2D eigenvalue weighted by atomic mass is 79.9. The average Bonchev–Trinajstić information content (AvgIpc) is 2.65. The van der Waals surface area contributed by atoms with Crippen molar-refractivity contribution < 1.29 is 5.11 Å². The van der Waals surface area contributed by atoms with Crippen LogP contribution < -0.4 is 5.32 Å². The van der Waals surface area contributed by atoms with E-state index in [9.17, 15) is 0 Å². The van der Waals surface area contributed by atoms with Crippen LogP contribution in [0.5, 0.6) is 0 Å². The van der Waals surface area contributed by atoms with Crippen molar-refractivity contribution in [3.8, 4) is 0 Å². The van der Waals surface area contributed by atoms with Crippen LogP contribution >= 0.6 is 15.9 Å². The molecule has 0 amide bonds. The van der Waals surface area contributed by atoms with Gasteiger partial charge in [0.1, 0.15) is 0 Å². The summed E-state index contributed by atoms with van der Waals surface area (Å²) in [5.41, 5.74) is 0. The Balaban J connectivity index is 2.27. The SMILES string of the molecule is CCCNC(CO)CCn1cc(Br)cn1. The van der Waals surface area contributed by atoms with Gasteiger partial charge in [-0.25, -0.2) is 0 Å². The van der Waals surface area contributed by atoms with Crippen molar-refractivity contribution in [2.24, 2.45) is 0 Å². The molecule has 2 N–H and O–H groups in total. The monoisotopic (exact) mass is 275 g/mol. The molecule has 0 aliphatic rings. The number of aliphatic hydroxyl groups is 1. The average molecular weight is 276 g/mol. The fraction of sp³-hybridized carbons (Fsp3) is 0.700. The molecule has 5 heteroatoms. The normalized spacial score (nSPS) is 13.0. The molecule has 86 valence electrons. The van der Waals surface area contributed by atoms with Crippen LogP contribution in [0.15, 0.2) is 16.9 Å². The maximum absolute atomic E-state index is 9.13. The van der Waals surface area contributed by atoms with E-state index in [1.807, 2.05) is 10.9 Å². The number of aromatic nitrogens is 2. The molecule has 1 aromatic rings. The molecule has 1 unspecified atom stereocenters. The van der Waals surface area contributed by atoms with Crippen LogP contribution in [0.2, 0.25) is 0 Å². The summed E-state index contributed by atoms with van der Waals surface area (Å²) >= 11 is 3.35. The molecule has 0 spiro atoms. The van der Waals surface area contributed by atoms with Gasteiger partial charge in [0.2, 0.25) is 0 Å². The fourth-order valence-electron chi connectivity index (χ4n) is 1.36. The minimum absolute atomic E-state index is 0.174.